The normalized spacial score (nSPS) is 25.7. The molecule has 0 unspecified atom stereocenters. The zero-order valence-corrected chi connectivity index (χ0v) is 16.2. The second-order valence-corrected chi connectivity index (χ2v) is 9.92. The summed E-state index contributed by atoms with van der Waals surface area (Å²) in [6.45, 7) is 7.01. The number of hydrogen-bond acceptors (Lipinski definition) is 6. The van der Waals surface area contributed by atoms with Gasteiger partial charge < -0.3 is 4.90 Å². The van der Waals surface area contributed by atoms with Gasteiger partial charge in [-0.05, 0) is 25.2 Å². The fourth-order valence-electron chi connectivity index (χ4n) is 3.81. The summed E-state index contributed by atoms with van der Waals surface area (Å²) in [5.41, 5.74) is 0. The van der Waals surface area contributed by atoms with Gasteiger partial charge in [-0.1, -0.05) is 13.3 Å². The molecule has 1 aromatic rings. The summed E-state index contributed by atoms with van der Waals surface area (Å²) < 4.78 is 26.0. The van der Waals surface area contributed by atoms with Gasteiger partial charge in [0.2, 0.25) is 10.0 Å². The van der Waals surface area contributed by atoms with Gasteiger partial charge in [0.15, 0.2) is 5.13 Å². The zero-order valence-electron chi connectivity index (χ0n) is 14.6. The van der Waals surface area contributed by atoms with Crippen LogP contribution in [-0.2, 0) is 16.6 Å². The van der Waals surface area contributed by atoms with E-state index in [1.807, 2.05) is 6.20 Å². The van der Waals surface area contributed by atoms with Crippen molar-refractivity contribution in [1.29, 1.82) is 0 Å². The van der Waals surface area contributed by atoms with E-state index in [4.69, 9.17) is 0 Å². The van der Waals surface area contributed by atoms with Crippen LogP contribution in [0.5, 0.6) is 0 Å². The molecule has 2 fully saturated rings. The van der Waals surface area contributed by atoms with E-state index in [2.05, 4.69) is 26.4 Å². The molecule has 0 radical (unpaired) electrons. The molecule has 0 amide bonds. The number of nitrogens with zero attached hydrogens (tertiary/aromatic N) is 3. The molecule has 0 aliphatic carbocycles. The summed E-state index contributed by atoms with van der Waals surface area (Å²) >= 11 is 1.78. The van der Waals surface area contributed by atoms with Crippen molar-refractivity contribution in [3.05, 3.63) is 11.1 Å². The number of aromatic nitrogens is 1. The van der Waals surface area contributed by atoms with E-state index in [0.717, 1.165) is 50.7 Å². The fraction of sp³-hybridized carbons (Fsp3) is 0.812. The van der Waals surface area contributed by atoms with Crippen LogP contribution in [0.25, 0.3) is 0 Å². The van der Waals surface area contributed by atoms with Crippen LogP contribution in [0.3, 0.4) is 0 Å². The minimum absolute atomic E-state index is 0.0333. The Morgan fingerprint density at radius 3 is 2.75 bits per heavy atom. The van der Waals surface area contributed by atoms with Gasteiger partial charge in [0.25, 0.3) is 0 Å². The molecular formula is C16H28N4O2S2. The summed E-state index contributed by atoms with van der Waals surface area (Å²) in [6.07, 6.45) is 7.91. The highest BCUT2D eigenvalue weighted by Gasteiger charge is 2.34. The van der Waals surface area contributed by atoms with E-state index >= 15 is 0 Å². The van der Waals surface area contributed by atoms with Crippen molar-refractivity contribution in [3.8, 4) is 0 Å². The SMILES string of the molecule is CCC[C@@H]1CN(Cc2cnc(N3CCCC3)s2)C[C@H]1NS(C)(=O)=O. The highest BCUT2D eigenvalue weighted by atomic mass is 32.2. The molecule has 1 aromatic heterocycles. The number of rotatable bonds is 7. The second-order valence-electron chi connectivity index (χ2n) is 7.04. The van der Waals surface area contributed by atoms with Crippen LogP contribution in [0.1, 0.15) is 37.5 Å². The van der Waals surface area contributed by atoms with Gasteiger partial charge in [-0.2, -0.15) is 0 Å². The first-order valence-electron chi connectivity index (χ1n) is 8.84. The molecule has 24 heavy (non-hydrogen) atoms. The first-order valence-corrected chi connectivity index (χ1v) is 11.5. The predicted molar refractivity (Wildman–Crippen MR) is 99.0 cm³/mol. The Kier molecular flexibility index (Phi) is 5.79. The third-order valence-electron chi connectivity index (χ3n) is 4.84. The van der Waals surface area contributed by atoms with Crippen LogP contribution in [0.2, 0.25) is 0 Å². The fourth-order valence-corrected chi connectivity index (χ4v) is 5.63. The minimum atomic E-state index is -3.16. The average molecular weight is 373 g/mol. The smallest absolute Gasteiger partial charge is 0.209 e. The molecule has 3 rings (SSSR count). The quantitative estimate of drug-likeness (QED) is 0.792. The maximum Gasteiger partial charge on any atom is 0.209 e. The predicted octanol–water partition coefficient (Wildman–Crippen LogP) is 1.89. The highest BCUT2D eigenvalue weighted by Crippen LogP contribution is 2.29. The van der Waals surface area contributed by atoms with E-state index in [1.54, 1.807) is 11.3 Å². The summed E-state index contributed by atoms with van der Waals surface area (Å²) in [7, 11) is -3.16. The lowest BCUT2D eigenvalue weighted by Gasteiger charge is -2.17. The lowest BCUT2D eigenvalue weighted by molar-refractivity contribution is 0.315. The standard InChI is InChI=1S/C16H28N4O2S2/c1-3-6-13-10-19(12-15(13)18-24(2,21)22)11-14-9-17-16(23-14)20-7-4-5-8-20/h9,13,15,18H,3-8,10-12H2,1-2H3/t13-,15-/m1/s1. The molecule has 0 saturated carbocycles. The van der Waals surface area contributed by atoms with E-state index < -0.39 is 10.0 Å². The summed E-state index contributed by atoms with van der Waals surface area (Å²) in [6, 6.07) is 0.0333. The number of thiazole rings is 1. The van der Waals surface area contributed by atoms with Crippen LogP contribution in [0.4, 0.5) is 5.13 Å². The molecule has 0 aromatic carbocycles. The molecule has 1 N–H and O–H groups in total. The van der Waals surface area contributed by atoms with Crippen LogP contribution in [0.15, 0.2) is 6.20 Å². The molecule has 2 saturated heterocycles. The molecule has 2 aliphatic rings. The van der Waals surface area contributed by atoms with E-state index in [-0.39, 0.29) is 6.04 Å². The van der Waals surface area contributed by atoms with Crippen LogP contribution >= 0.6 is 11.3 Å². The number of nitrogens with one attached hydrogen (secondary N) is 1. The van der Waals surface area contributed by atoms with Gasteiger partial charge in [0, 0.05) is 49.8 Å². The maximum absolute atomic E-state index is 11.6. The van der Waals surface area contributed by atoms with Crippen molar-refractivity contribution in [2.45, 2.75) is 45.2 Å². The summed E-state index contributed by atoms with van der Waals surface area (Å²) in [4.78, 5) is 10.6. The number of likely N-dealkylation sites (tertiary alicyclic amines) is 1. The minimum Gasteiger partial charge on any atom is -0.348 e. The van der Waals surface area contributed by atoms with Crippen molar-refractivity contribution in [3.63, 3.8) is 0 Å². The summed E-state index contributed by atoms with van der Waals surface area (Å²) in [5.74, 6) is 0.399. The van der Waals surface area contributed by atoms with Crippen LogP contribution in [-0.4, -0.2) is 56.8 Å². The van der Waals surface area contributed by atoms with Gasteiger partial charge in [-0.15, -0.1) is 11.3 Å². The van der Waals surface area contributed by atoms with Crippen LogP contribution < -0.4 is 9.62 Å². The molecule has 2 atom stereocenters. The summed E-state index contributed by atoms with van der Waals surface area (Å²) in [5, 5.41) is 1.14. The van der Waals surface area contributed by atoms with Crippen LogP contribution in [0, 0.1) is 5.92 Å². The molecule has 0 bridgehead atoms. The monoisotopic (exact) mass is 372 g/mol. The molecular weight excluding hydrogens is 344 g/mol. The lowest BCUT2D eigenvalue weighted by Crippen LogP contribution is -2.39. The topological polar surface area (TPSA) is 65.5 Å². The average Bonchev–Trinajstić information content (AvgIpc) is 3.20. The van der Waals surface area contributed by atoms with Gasteiger partial charge in [-0.25, -0.2) is 18.1 Å². The number of sulfonamides is 1. The zero-order chi connectivity index (χ0) is 17.2. The molecule has 3 heterocycles. The largest absolute Gasteiger partial charge is 0.348 e. The Bertz CT molecular complexity index is 640. The van der Waals surface area contributed by atoms with Gasteiger partial charge in [0.05, 0.1) is 6.26 Å². The Hall–Kier alpha value is -0.700. The molecule has 136 valence electrons. The van der Waals surface area contributed by atoms with Crippen molar-refractivity contribution >= 4 is 26.5 Å². The van der Waals surface area contributed by atoms with Crippen molar-refractivity contribution in [2.75, 3.05) is 37.3 Å². The molecule has 0 spiro atoms. The number of anilines is 1. The molecule has 6 nitrogen and oxygen atoms in total. The molecule has 2 aliphatic heterocycles. The van der Waals surface area contributed by atoms with Crippen molar-refractivity contribution in [1.82, 2.24) is 14.6 Å². The van der Waals surface area contributed by atoms with Gasteiger partial charge >= 0.3 is 0 Å². The second kappa shape index (κ2) is 7.68. The Morgan fingerprint density at radius 2 is 2.08 bits per heavy atom. The third kappa shape index (κ3) is 4.68. The van der Waals surface area contributed by atoms with E-state index in [9.17, 15) is 8.42 Å². The maximum atomic E-state index is 11.6. The molecule has 8 heteroatoms. The van der Waals surface area contributed by atoms with Gasteiger partial charge in [0.1, 0.15) is 0 Å². The lowest BCUT2D eigenvalue weighted by atomic mass is 9.99. The Labute approximate surface area is 149 Å². The Balaban J connectivity index is 1.60. The Morgan fingerprint density at radius 1 is 1.33 bits per heavy atom. The van der Waals surface area contributed by atoms with Crippen molar-refractivity contribution < 1.29 is 8.42 Å². The first kappa shape index (κ1) is 18.1. The first-order chi connectivity index (χ1) is 11.4. The van der Waals surface area contributed by atoms with E-state index in [1.165, 1.54) is 24.0 Å². The number of hydrogen-bond donors (Lipinski definition) is 1. The highest BCUT2D eigenvalue weighted by molar-refractivity contribution is 7.88. The van der Waals surface area contributed by atoms with Crippen molar-refractivity contribution in [2.24, 2.45) is 5.92 Å². The van der Waals surface area contributed by atoms with Gasteiger partial charge in [-0.3, -0.25) is 4.90 Å². The third-order valence-corrected chi connectivity index (χ3v) is 6.61. The van der Waals surface area contributed by atoms with E-state index in [0.29, 0.717) is 5.92 Å².